The molecule has 4 nitrogen and oxygen atoms in total. The lowest BCUT2D eigenvalue weighted by Gasteiger charge is -2.26. The Kier molecular flexibility index (Phi) is 10.2. The molecule has 0 N–H and O–H groups in total. The number of hydrogen-bond donors (Lipinski definition) is 0. The molecule has 12 rings (SSSR count). The first kappa shape index (κ1) is 40.1. The molecule has 10 aromatic carbocycles. The molecule has 0 aliphatic carbocycles. The van der Waals surface area contributed by atoms with Crippen LogP contribution in [0.2, 0.25) is 0 Å². The Morgan fingerprint density at radius 1 is 0.303 bits per heavy atom. The summed E-state index contributed by atoms with van der Waals surface area (Å²) in [6, 6.07) is 87.9. The molecule has 314 valence electrons. The molecule has 0 amide bonds. The Balaban J connectivity index is 0.910. The molecule has 0 spiro atoms. The van der Waals surface area contributed by atoms with Crippen LogP contribution in [0.5, 0.6) is 0 Å². The maximum absolute atomic E-state index is 2.82. The molecule has 2 aromatic heterocycles. The van der Waals surface area contributed by atoms with Crippen molar-refractivity contribution in [2.24, 2.45) is 0 Å². The number of anilines is 6. The van der Waals surface area contributed by atoms with Crippen LogP contribution in [-0.4, -0.2) is 9.13 Å². The maximum atomic E-state index is 2.82. The minimum atomic E-state index is 1.09. The fraction of sp³-hybridized carbons (Fsp3) is 0. The molecule has 66 heavy (non-hydrogen) atoms. The van der Waals surface area contributed by atoms with Gasteiger partial charge in [-0.3, -0.25) is 0 Å². The quantitative estimate of drug-likeness (QED) is 0.106. The van der Waals surface area contributed by atoms with Crippen LogP contribution in [0.1, 0.15) is 0 Å². The van der Waals surface area contributed by atoms with Crippen molar-refractivity contribution in [3.05, 3.63) is 246 Å². The zero-order valence-corrected chi connectivity index (χ0v) is 39.2. The van der Waals surface area contributed by atoms with Crippen molar-refractivity contribution in [3.63, 3.8) is 0 Å². The van der Waals surface area contributed by atoms with Crippen LogP contribution >= 0.6 is 31.8 Å². The Bertz CT molecular complexity index is 3450. The second-order valence-electron chi connectivity index (χ2n) is 16.6. The average molecular weight is 977 g/mol. The number of aromatic nitrogens is 2. The van der Waals surface area contributed by atoms with Gasteiger partial charge in [0.2, 0.25) is 0 Å². The van der Waals surface area contributed by atoms with Gasteiger partial charge >= 0.3 is 0 Å². The van der Waals surface area contributed by atoms with Crippen LogP contribution in [0, 0.1) is 3.57 Å². The summed E-state index contributed by atoms with van der Waals surface area (Å²) in [6.45, 7) is 0. The van der Waals surface area contributed by atoms with Crippen molar-refractivity contribution < 1.29 is 0 Å². The highest BCUT2D eigenvalue weighted by atomic mass is 127. The average Bonchev–Trinajstić information content (AvgIpc) is 3.89. The van der Waals surface area contributed by atoms with Crippen molar-refractivity contribution in [1.82, 2.24) is 9.13 Å². The summed E-state index contributed by atoms with van der Waals surface area (Å²) >= 11 is 2.39. The van der Waals surface area contributed by atoms with Crippen molar-refractivity contribution >= 4 is 115 Å². The summed E-state index contributed by atoms with van der Waals surface area (Å²) in [6.07, 6.45) is 0. The third-order valence-electron chi connectivity index (χ3n) is 12.7. The lowest BCUT2D eigenvalue weighted by Crippen LogP contribution is -2.10. The predicted octanol–water partition coefficient (Wildman–Crippen LogP) is 16.6. The normalized spacial score (nSPS) is 11.5. The molecule has 0 bridgehead atoms. The van der Waals surface area contributed by atoms with E-state index in [-0.39, 0.29) is 0 Å². The van der Waals surface area contributed by atoms with Gasteiger partial charge in [-0.25, -0.2) is 0 Å². The molecular weight excluding hydrogens is 935 g/mol. The van der Waals surface area contributed by atoms with E-state index in [9.17, 15) is 0 Å². The lowest BCUT2D eigenvalue weighted by molar-refractivity contribution is 1.18. The summed E-state index contributed by atoms with van der Waals surface area (Å²) in [5, 5.41) is 6.05. The zero-order chi connectivity index (χ0) is 44.1. The molecule has 0 aliphatic heterocycles. The molecule has 0 saturated heterocycles. The highest BCUT2D eigenvalue weighted by Gasteiger charge is 2.20. The standard InChI is InChI=1S/C60H42IN4P/c61-43-23-29-48(30-24-43)62(50-33-37-59-55(39-50)53-15-7-9-17-57(53)64(59)44-11-3-1-4-12-44)46-25-19-41(20-26-46)42-21-27-47(28-22-42)63(49-31-35-52(66)36-32-49)51-34-38-60-56(40-51)54-16-8-10-18-58(54)65(60)45-13-5-2-6-14-45/h1-40H,66H2. The van der Waals surface area contributed by atoms with E-state index in [1.165, 1.54) is 47.2 Å². The third-order valence-corrected chi connectivity index (χ3v) is 13.8. The van der Waals surface area contributed by atoms with Gasteiger partial charge in [0.05, 0.1) is 22.1 Å². The molecule has 2 heterocycles. The number of rotatable bonds is 9. The largest absolute Gasteiger partial charge is 0.310 e. The lowest BCUT2D eigenvalue weighted by atomic mass is 10.0. The van der Waals surface area contributed by atoms with Gasteiger partial charge in [0.15, 0.2) is 0 Å². The van der Waals surface area contributed by atoms with Crippen molar-refractivity contribution in [1.29, 1.82) is 0 Å². The van der Waals surface area contributed by atoms with E-state index in [1.54, 1.807) is 0 Å². The third kappa shape index (κ3) is 7.12. The van der Waals surface area contributed by atoms with Gasteiger partial charge in [-0.2, -0.15) is 0 Å². The number of nitrogens with zero attached hydrogens (tertiary/aromatic N) is 4. The van der Waals surface area contributed by atoms with Crippen molar-refractivity contribution in [3.8, 4) is 22.5 Å². The molecule has 0 radical (unpaired) electrons. The molecule has 1 atom stereocenters. The number of para-hydroxylation sites is 4. The van der Waals surface area contributed by atoms with Gasteiger partial charge in [0.1, 0.15) is 0 Å². The van der Waals surface area contributed by atoms with Gasteiger partial charge in [-0.05, 0) is 172 Å². The first-order valence-electron chi connectivity index (χ1n) is 22.1. The van der Waals surface area contributed by atoms with Gasteiger partial charge < -0.3 is 18.9 Å². The van der Waals surface area contributed by atoms with Crippen LogP contribution in [0.25, 0.3) is 66.1 Å². The Morgan fingerprint density at radius 3 is 1.06 bits per heavy atom. The monoisotopic (exact) mass is 976 g/mol. The molecule has 0 saturated carbocycles. The second-order valence-corrected chi connectivity index (χ2v) is 18.5. The van der Waals surface area contributed by atoms with Crippen molar-refractivity contribution in [2.75, 3.05) is 9.80 Å². The van der Waals surface area contributed by atoms with E-state index in [0.717, 1.165) is 61.9 Å². The number of benzene rings is 10. The predicted molar refractivity (Wildman–Crippen MR) is 292 cm³/mol. The maximum Gasteiger partial charge on any atom is 0.0542 e. The van der Waals surface area contributed by atoms with Gasteiger partial charge in [-0.1, -0.05) is 109 Å². The SMILES string of the molecule is Pc1ccc(N(c2ccc(-c3ccc(N(c4ccc(I)cc4)c4ccc5c(c4)c4ccccc4n5-c4ccccc4)cc3)cc2)c2ccc3c(c2)c2ccccc2n3-c2ccccc2)cc1. The topological polar surface area (TPSA) is 16.3 Å². The second kappa shape index (κ2) is 16.8. The minimum Gasteiger partial charge on any atom is -0.310 e. The highest BCUT2D eigenvalue weighted by molar-refractivity contribution is 14.1. The van der Waals surface area contributed by atoms with Crippen LogP contribution in [0.4, 0.5) is 34.1 Å². The van der Waals surface area contributed by atoms with E-state index in [2.05, 4.69) is 293 Å². The molecule has 0 fully saturated rings. The van der Waals surface area contributed by atoms with E-state index >= 15 is 0 Å². The van der Waals surface area contributed by atoms with Crippen LogP contribution in [-0.2, 0) is 0 Å². The highest BCUT2D eigenvalue weighted by Crippen LogP contribution is 2.43. The Labute approximate surface area is 400 Å². The van der Waals surface area contributed by atoms with Gasteiger partial charge in [-0.15, -0.1) is 9.24 Å². The summed E-state index contributed by atoms with van der Waals surface area (Å²) in [4.78, 5) is 4.72. The van der Waals surface area contributed by atoms with Crippen LogP contribution < -0.4 is 15.1 Å². The van der Waals surface area contributed by atoms with E-state index < -0.39 is 0 Å². The molecule has 0 aliphatic rings. The van der Waals surface area contributed by atoms with E-state index in [4.69, 9.17) is 0 Å². The summed E-state index contributed by atoms with van der Waals surface area (Å²) < 4.78 is 5.94. The first-order valence-corrected chi connectivity index (χ1v) is 23.8. The van der Waals surface area contributed by atoms with Crippen LogP contribution in [0.15, 0.2) is 243 Å². The molecule has 6 heteroatoms. The summed E-state index contributed by atoms with van der Waals surface area (Å²) in [5.74, 6) is 0. The fourth-order valence-corrected chi connectivity index (χ4v) is 10.2. The van der Waals surface area contributed by atoms with E-state index in [0.29, 0.717) is 0 Å². The fourth-order valence-electron chi connectivity index (χ4n) is 9.62. The Hall–Kier alpha value is -7.44. The number of fused-ring (bicyclic) bond motifs is 6. The molecule has 12 aromatic rings. The minimum absolute atomic E-state index is 1.09. The van der Waals surface area contributed by atoms with Gasteiger partial charge in [0.25, 0.3) is 0 Å². The molecule has 1 unspecified atom stereocenters. The zero-order valence-electron chi connectivity index (χ0n) is 35.8. The van der Waals surface area contributed by atoms with E-state index in [1.807, 2.05) is 0 Å². The van der Waals surface area contributed by atoms with Crippen molar-refractivity contribution in [2.45, 2.75) is 0 Å². The number of hydrogen-bond acceptors (Lipinski definition) is 2. The summed E-state index contributed by atoms with van der Waals surface area (Å²) in [7, 11) is 2.82. The molecular formula is C60H42IN4P. The smallest absolute Gasteiger partial charge is 0.0542 e. The summed E-state index contributed by atoms with van der Waals surface area (Å²) in [5.41, 5.74) is 16.0. The van der Waals surface area contributed by atoms with Crippen LogP contribution in [0.3, 0.4) is 0 Å². The Morgan fingerprint density at radius 2 is 0.636 bits per heavy atom. The number of halogens is 1. The first-order chi connectivity index (χ1) is 32.6. The van der Waals surface area contributed by atoms with Gasteiger partial charge in [0, 0.05) is 70.6 Å².